The number of carboxylic acid groups (broad SMARTS) is 1. The van der Waals surface area contributed by atoms with Crippen LogP contribution in [0.3, 0.4) is 0 Å². The number of carboxylic acids is 1. The van der Waals surface area contributed by atoms with E-state index in [1.807, 2.05) is 23.9 Å². The van der Waals surface area contributed by atoms with E-state index < -0.39 is 5.97 Å². The lowest BCUT2D eigenvalue weighted by Gasteiger charge is -2.26. The first kappa shape index (κ1) is 14.4. The standard InChI is InChI=1S/C16H20N2O2S/c1-10(2)15-17-14-12(16(19)20)4-3-5-13(14)18(15)11-6-8-21-9-7-11/h3-5,10-11H,6-9H2,1-2H3,(H,19,20). The van der Waals surface area contributed by atoms with Gasteiger partial charge in [-0.3, -0.25) is 0 Å². The smallest absolute Gasteiger partial charge is 0.337 e. The van der Waals surface area contributed by atoms with Gasteiger partial charge in [0.25, 0.3) is 0 Å². The number of hydrogen-bond donors (Lipinski definition) is 1. The molecule has 0 aliphatic carbocycles. The average molecular weight is 304 g/mol. The minimum absolute atomic E-state index is 0.286. The summed E-state index contributed by atoms with van der Waals surface area (Å²) >= 11 is 2.00. The number of hydrogen-bond acceptors (Lipinski definition) is 3. The first-order chi connectivity index (χ1) is 10.1. The molecule has 21 heavy (non-hydrogen) atoms. The molecule has 1 saturated heterocycles. The summed E-state index contributed by atoms with van der Waals surface area (Å²) in [6, 6.07) is 5.91. The van der Waals surface area contributed by atoms with Crippen molar-refractivity contribution in [1.82, 2.24) is 9.55 Å². The molecular weight excluding hydrogens is 284 g/mol. The van der Waals surface area contributed by atoms with Crippen molar-refractivity contribution in [2.24, 2.45) is 0 Å². The van der Waals surface area contributed by atoms with Crippen molar-refractivity contribution < 1.29 is 9.90 Å². The van der Waals surface area contributed by atoms with E-state index in [1.165, 1.54) is 11.5 Å². The van der Waals surface area contributed by atoms with Gasteiger partial charge in [-0.15, -0.1) is 0 Å². The number of fused-ring (bicyclic) bond motifs is 1. The van der Waals surface area contributed by atoms with Gasteiger partial charge in [-0.25, -0.2) is 9.78 Å². The molecule has 1 aliphatic rings. The van der Waals surface area contributed by atoms with Crippen molar-refractivity contribution in [1.29, 1.82) is 0 Å². The van der Waals surface area contributed by atoms with E-state index in [0.717, 1.165) is 24.2 Å². The Morgan fingerprint density at radius 2 is 2.10 bits per heavy atom. The first-order valence-electron chi connectivity index (χ1n) is 7.41. The molecule has 0 radical (unpaired) electrons. The number of carbonyl (C=O) groups is 1. The zero-order chi connectivity index (χ0) is 15.0. The fourth-order valence-corrected chi connectivity index (χ4v) is 4.12. The van der Waals surface area contributed by atoms with E-state index in [-0.39, 0.29) is 5.92 Å². The highest BCUT2D eigenvalue weighted by Gasteiger charge is 2.24. The van der Waals surface area contributed by atoms with E-state index in [1.54, 1.807) is 6.07 Å². The minimum atomic E-state index is -0.903. The molecule has 5 heteroatoms. The van der Waals surface area contributed by atoms with Gasteiger partial charge in [-0.1, -0.05) is 19.9 Å². The molecule has 4 nitrogen and oxygen atoms in total. The summed E-state index contributed by atoms with van der Waals surface area (Å²) in [4.78, 5) is 16.1. The minimum Gasteiger partial charge on any atom is -0.478 e. The van der Waals surface area contributed by atoms with E-state index in [4.69, 9.17) is 0 Å². The molecule has 1 fully saturated rings. The summed E-state index contributed by atoms with van der Waals surface area (Å²) in [6.07, 6.45) is 2.26. The highest BCUT2D eigenvalue weighted by Crippen LogP contribution is 2.34. The molecular formula is C16H20N2O2S. The number of imidazole rings is 1. The molecule has 2 aromatic rings. The van der Waals surface area contributed by atoms with Crippen molar-refractivity contribution >= 4 is 28.8 Å². The van der Waals surface area contributed by atoms with Gasteiger partial charge in [0.1, 0.15) is 11.3 Å². The molecule has 0 saturated carbocycles. The van der Waals surface area contributed by atoms with Gasteiger partial charge >= 0.3 is 5.97 Å². The Labute approximate surface area is 128 Å². The van der Waals surface area contributed by atoms with Crippen LogP contribution < -0.4 is 0 Å². The van der Waals surface area contributed by atoms with Gasteiger partial charge in [-0.05, 0) is 36.5 Å². The van der Waals surface area contributed by atoms with E-state index >= 15 is 0 Å². The van der Waals surface area contributed by atoms with Crippen LogP contribution in [-0.2, 0) is 0 Å². The lowest BCUT2D eigenvalue weighted by Crippen LogP contribution is -2.18. The lowest BCUT2D eigenvalue weighted by molar-refractivity contribution is 0.0699. The maximum atomic E-state index is 11.4. The molecule has 1 aliphatic heterocycles. The lowest BCUT2D eigenvalue weighted by atomic mass is 10.1. The quantitative estimate of drug-likeness (QED) is 0.933. The summed E-state index contributed by atoms with van der Waals surface area (Å²) < 4.78 is 2.30. The van der Waals surface area contributed by atoms with E-state index in [2.05, 4.69) is 23.4 Å². The maximum Gasteiger partial charge on any atom is 0.337 e. The van der Waals surface area contributed by atoms with Gasteiger partial charge in [0.15, 0.2) is 0 Å². The molecule has 2 heterocycles. The number of para-hydroxylation sites is 1. The second-order valence-electron chi connectivity index (χ2n) is 5.82. The van der Waals surface area contributed by atoms with Crippen molar-refractivity contribution in [2.75, 3.05) is 11.5 Å². The predicted octanol–water partition coefficient (Wildman–Crippen LogP) is 3.93. The second-order valence-corrected chi connectivity index (χ2v) is 7.04. The third-order valence-corrected chi connectivity index (χ3v) is 5.10. The zero-order valence-corrected chi connectivity index (χ0v) is 13.2. The Kier molecular flexibility index (Phi) is 3.93. The van der Waals surface area contributed by atoms with Crippen LogP contribution in [0.1, 0.15) is 54.8 Å². The Bertz CT molecular complexity index is 672. The Hall–Kier alpha value is -1.49. The number of thioether (sulfide) groups is 1. The van der Waals surface area contributed by atoms with Crippen molar-refractivity contribution in [2.45, 2.75) is 38.6 Å². The Balaban J connectivity index is 2.22. The van der Waals surface area contributed by atoms with Gasteiger partial charge in [0, 0.05) is 12.0 Å². The van der Waals surface area contributed by atoms with E-state index in [0.29, 0.717) is 17.1 Å². The SMILES string of the molecule is CC(C)c1nc2c(C(=O)O)cccc2n1C1CCSCC1. The summed E-state index contributed by atoms with van der Waals surface area (Å²) in [5.74, 6) is 2.73. The number of benzene rings is 1. The molecule has 112 valence electrons. The van der Waals surface area contributed by atoms with Crippen LogP contribution in [0.15, 0.2) is 18.2 Å². The predicted molar refractivity (Wildman–Crippen MR) is 86.4 cm³/mol. The zero-order valence-electron chi connectivity index (χ0n) is 12.4. The highest BCUT2D eigenvalue weighted by atomic mass is 32.2. The molecule has 1 N–H and O–H groups in total. The fourth-order valence-electron chi connectivity index (χ4n) is 3.04. The Morgan fingerprint density at radius 3 is 2.71 bits per heavy atom. The third kappa shape index (κ3) is 2.55. The van der Waals surface area contributed by atoms with Crippen LogP contribution in [0, 0.1) is 0 Å². The molecule has 0 unspecified atom stereocenters. The number of aromatic nitrogens is 2. The number of rotatable bonds is 3. The summed E-state index contributed by atoms with van der Waals surface area (Å²) in [7, 11) is 0. The van der Waals surface area contributed by atoms with Crippen molar-refractivity contribution in [3.63, 3.8) is 0 Å². The summed E-state index contributed by atoms with van der Waals surface area (Å²) in [6.45, 7) is 4.24. The molecule has 0 amide bonds. The van der Waals surface area contributed by atoms with Gasteiger partial charge in [0.05, 0.1) is 11.1 Å². The van der Waals surface area contributed by atoms with Crippen LogP contribution in [0.4, 0.5) is 0 Å². The second kappa shape index (κ2) is 5.72. The van der Waals surface area contributed by atoms with Crippen LogP contribution in [0.2, 0.25) is 0 Å². The summed E-state index contributed by atoms with van der Waals surface area (Å²) in [5.41, 5.74) is 1.90. The highest BCUT2D eigenvalue weighted by molar-refractivity contribution is 7.99. The molecule has 1 aromatic heterocycles. The largest absolute Gasteiger partial charge is 0.478 e. The number of nitrogens with zero attached hydrogens (tertiary/aromatic N) is 2. The molecule has 1 aromatic carbocycles. The number of aromatic carboxylic acids is 1. The topological polar surface area (TPSA) is 55.1 Å². The molecule has 0 atom stereocenters. The molecule has 0 spiro atoms. The monoisotopic (exact) mass is 304 g/mol. The van der Waals surface area contributed by atoms with Crippen LogP contribution in [-0.4, -0.2) is 32.1 Å². The average Bonchev–Trinajstić information content (AvgIpc) is 2.87. The summed E-state index contributed by atoms with van der Waals surface area (Å²) in [5, 5.41) is 9.38. The van der Waals surface area contributed by atoms with Crippen LogP contribution in [0.25, 0.3) is 11.0 Å². The van der Waals surface area contributed by atoms with E-state index in [9.17, 15) is 9.90 Å². The van der Waals surface area contributed by atoms with Crippen LogP contribution in [0.5, 0.6) is 0 Å². The van der Waals surface area contributed by atoms with Crippen molar-refractivity contribution in [3.8, 4) is 0 Å². The van der Waals surface area contributed by atoms with Gasteiger partial charge in [-0.2, -0.15) is 11.8 Å². The third-order valence-electron chi connectivity index (χ3n) is 4.05. The molecule has 0 bridgehead atoms. The van der Waals surface area contributed by atoms with Crippen LogP contribution >= 0.6 is 11.8 Å². The normalized spacial score (nSPS) is 16.7. The van der Waals surface area contributed by atoms with Crippen molar-refractivity contribution in [3.05, 3.63) is 29.6 Å². The van der Waals surface area contributed by atoms with Gasteiger partial charge in [0.2, 0.25) is 0 Å². The maximum absolute atomic E-state index is 11.4. The Morgan fingerprint density at radius 1 is 1.38 bits per heavy atom. The van der Waals surface area contributed by atoms with Gasteiger partial charge < -0.3 is 9.67 Å². The first-order valence-corrected chi connectivity index (χ1v) is 8.57. The fraction of sp³-hybridized carbons (Fsp3) is 0.500. The molecule has 3 rings (SSSR count).